The Balaban J connectivity index is 3.38. The lowest BCUT2D eigenvalue weighted by molar-refractivity contribution is 0.0695. The molecule has 0 bridgehead atoms. The van der Waals surface area contributed by atoms with Gasteiger partial charge in [-0.2, -0.15) is 0 Å². The van der Waals surface area contributed by atoms with Gasteiger partial charge < -0.3 is 10.2 Å². The smallest absolute Gasteiger partial charge is 0.335 e. The van der Waals surface area contributed by atoms with Gasteiger partial charge in [-0.1, -0.05) is 15.9 Å². The van der Waals surface area contributed by atoms with E-state index < -0.39 is 11.9 Å². The quantitative estimate of drug-likeness (QED) is 0.833. The fraction of sp³-hybridized carbons (Fsp3) is 0.273. The van der Waals surface area contributed by atoms with Crippen LogP contribution in [-0.4, -0.2) is 27.5 Å². The first-order valence-corrected chi connectivity index (χ1v) is 5.75. The molecule has 1 rings (SSSR count). The molecule has 1 aromatic carbocycles. The molecule has 0 aliphatic carbocycles. The lowest BCUT2D eigenvalue weighted by Crippen LogP contribution is -2.08. The van der Waals surface area contributed by atoms with E-state index >= 15 is 0 Å². The molecule has 1 aromatic rings. The molecule has 0 unspecified atom stereocenters. The summed E-state index contributed by atoms with van der Waals surface area (Å²) in [6, 6.07) is 2.71. The van der Waals surface area contributed by atoms with Gasteiger partial charge >= 0.3 is 11.9 Å². The second-order valence-electron chi connectivity index (χ2n) is 3.36. The molecule has 16 heavy (non-hydrogen) atoms. The Morgan fingerprint density at radius 2 is 1.88 bits per heavy atom. The van der Waals surface area contributed by atoms with Crippen molar-refractivity contribution >= 4 is 27.9 Å². The Bertz CT molecular complexity index is 440. The SMILES string of the molecule is Cc1c(CCBr)cc(C(=O)O)cc1C(=O)O. The third-order valence-corrected chi connectivity index (χ3v) is 2.75. The number of carbonyl (C=O) groups is 2. The van der Waals surface area contributed by atoms with Crippen LogP contribution in [-0.2, 0) is 6.42 Å². The number of aryl methyl sites for hydroxylation is 1. The van der Waals surface area contributed by atoms with Crippen LogP contribution in [0.15, 0.2) is 12.1 Å². The average molecular weight is 287 g/mol. The van der Waals surface area contributed by atoms with Crippen molar-refractivity contribution < 1.29 is 19.8 Å². The first-order chi connectivity index (χ1) is 7.47. The first kappa shape index (κ1) is 12.7. The van der Waals surface area contributed by atoms with Crippen LogP contribution in [0.3, 0.4) is 0 Å². The van der Waals surface area contributed by atoms with E-state index in [1.807, 2.05) is 0 Å². The molecule has 0 aliphatic heterocycles. The van der Waals surface area contributed by atoms with Gasteiger partial charge in [-0.25, -0.2) is 9.59 Å². The highest BCUT2D eigenvalue weighted by molar-refractivity contribution is 9.09. The van der Waals surface area contributed by atoms with E-state index in [1.165, 1.54) is 12.1 Å². The van der Waals surface area contributed by atoms with E-state index in [9.17, 15) is 9.59 Å². The van der Waals surface area contributed by atoms with Gasteiger partial charge in [0.05, 0.1) is 11.1 Å². The molecule has 0 atom stereocenters. The van der Waals surface area contributed by atoms with Crippen molar-refractivity contribution in [3.8, 4) is 0 Å². The minimum absolute atomic E-state index is 0.0129. The van der Waals surface area contributed by atoms with Crippen molar-refractivity contribution in [1.82, 2.24) is 0 Å². The molecule has 4 nitrogen and oxygen atoms in total. The number of carboxylic acid groups (broad SMARTS) is 2. The van der Waals surface area contributed by atoms with Gasteiger partial charge in [-0.15, -0.1) is 0 Å². The summed E-state index contributed by atoms with van der Waals surface area (Å²) in [6.07, 6.45) is 0.604. The highest BCUT2D eigenvalue weighted by Gasteiger charge is 2.15. The maximum Gasteiger partial charge on any atom is 0.335 e. The molecule has 0 saturated heterocycles. The normalized spacial score (nSPS) is 10.1. The predicted molar refractivity (Wildman–Crippen MR) is 62.6 cm³/mol. The van der Waals surface area contributed by atoms with Crippen LogP contribution < -0.4 is 0 Å². The Hall–Kier alpha value is -1.36. The topological polar surface area (TPSA) is 74.6 Å². The van der Waals surface area contributed by atoms with Crippen molar-refractivity contribution in [1.29, 1.82) is 0 Å². The Morgan fingerprint density at radius 3 is 2.31 bits per heavy atom. The van der Waals surface area contributed by atoms with E-state index in [0.29, 0.717) is 17.3 Å². The third kappa shape index (κ3) is 2.61. The van der Waals surface area contributed by atoms with Crippen LogP contribution in [0, 0.1) is 6.92 Å². The van der Waals surface area contributed by atoms with Gasteiger partial charge in [0.2, 0.25) is 0 Å². The van der Waals surface area contributed by atoms with Crippen molar-refractivity contribution in [2.24, 2.45) is 0 Å². The lowest BCUT2D eigenvalue weighted by Gasteiger charge is -2.09. The van der Waals surface area contributed by atoms with Crippen molar-refractivity contribution in [2.75, 3.05) is 5.33 Å². The van der Waals surface area contributed by atoms with E-state index in [-0.39, 0.29) is 11.1 Å². The monoisotopic (exact) mass is 286 g/mol. The summed E-state index contributed by atoms with van der Waals surface area (Å²) in [4.78, 5) is 21.8. The van der Waals surface area contributed by atoms with Crippen LogP contribution in [0.1, 0.15) is 31.8 Å². The van der Waals surface area contributed by atoms with Crippen LogP contribution in [0.4, 0.5) is 0 Å². The molecule has 0 aliphatic rings. The summed E-state index contributed by atoms with van der Waals surface area (Å²) < 4.78 is 0. The van der Waals surface area contributed by atoms with Gasteiger partial charge in [0, 0.05) is 5.33 Å². The standard InChI is InChI=1S/C11H11BrO4/c1-6-7(2-3-12)4-8(10(13)14)5-9(6)11(15)16/h4-5H,2-3H2,1H3,(H,13,14)(H,15,16). The zero-order valence-electron chi connectivity index (χ0n) is 8.66. The van der Waals surface area contributed by atoms with Crippen LogP contribution >= 0.6 is 15.9 Å². The van der Waals surface area contributed by atoms with E-state index in [2.05, 4.69) is 15.9 Å². The Labute approximate surface area is 101 Å². The van der Waals surface area contributed by atoms with Gasteiger partial charge in [0.1, 0.15) is 0 Å². The van der Waals surface area contributed by atoms with Gasteiger partial charge in [0.25, 0.3) is 0 Å². The second-order valence-corrected chi connectivity index (χ2v) is 4.15. The van der Waals surface area contributed by atoms with Gasteiger partial charge in [-0.05, 0) is 36.6 Å². The van der Waals surface area contributed by atoms with Crippen molar-refractivity contribution in [3.63, 3.8) is 0 Å². The third-order valence-electron chi connectivity index (χ3n) is 2.36. The van der Waals surface area contributed by atoms with E-state index in [4.69, 9.17) is 10.2 Å². The maximum absolute atomic E-state index is 10.9. The fourth-order valence-corrected chi connectivity index (χ4v) is 1.91. The Morgan fingerprint density at radius 1 is 1.25 bits per heavy atom. The zero-order chi connectivity index (χ0) is 12.3. The summed E-state index contributed by atoms with van der Waals surface area (Å²) in [5, 5.41) is 18.5. The molecule has 86 valence electrons. The number of aromatic carboxylic acids is 2. The zero-order valence-corrected chi connectivity index (χ0v) is 10.2. The van der Waals surface area contributed by atoms with E-state index in [0.717, 1.165) is 5.56 Å². The number of hydrogen-bond acceptors (Lipinski definition) is 2. The summed E-state index contributed by atoms with van der Waals surface area (Å²) in [6.45, 7) is 1.69. The van der Waals surface area contributed by atoms with Gasteiger partial charge in [-0.3, -0.25) is 0 Å². The molecule has 5 heteroatoms. The van der Waals surface area contributed by atoms with Gasteiger partial charge in [0.15, 0.2) is 0 Å². The van der Waals surface area contributed by atoms with Crippen LogP contribution in [0.2, 0.25) is 0 Å². The van der Waals surface area contributed by atoms with E-state index in [1.54, 1.807) is 6.92 Å². The molecular formula is C11H11BrO4. The molecule has 0 amide bonds. The lowest BCUT2D eigenvalue weighted by atomic mass is 9.97. The number of hydrogen-bond donors (Lipinski definition) is 2. The number of carboxylic acids is 2. The van der Waals surface area contributed by atoms with Crippen LogP contribution in [0.5, 0.6) is 0 Å². The number of rotatable bonds is 4. The Kier molecular flexibility index (Phi) is 4.06. The molecule has 0 aromatic heterocycles. The van der Waals surface area contributed by atoms with Crippen LogP contribution in [0.25, 0.3) is 0 Å². The molecule has 0 radical (unpaired) electrons. The number of benzene rings is 1. The van der Waals surface area contributed by atoms with Crippen molar-refractivity contribution in [3.05, 3.63) is 34.4 Å². The highest BCUT2D eigenvalue weighted by atomic mass is 79.9. The predicted octanol–water partition coefficient (Wildman–Crippen LogP) is 2.33. The molecule has 0 fully saturated rings. The minimum Gasteiger partial charge on any atom is -0.478 e. The highest BCUT2D eigenvalue weighted by Crippen LogP contribution is 2.18. The molecule has 0 heterocycles. The largest absolute Gasteiger partial charge is 0.478 e. The summed E-state index contributed by atoms with van der Waals surface area (Å²) >= 11 is 3.25. The first-order valence-electron chi connectivity index (χ1n) is 4.63. The number of alkyl halides is 1. The molecular weight excluding hydrogens is 276 g/mol. The molecule has 0 spiro atoms. The summed E-state index contributed by atoms with van der Waals surface area (Å²) in [5.41, 5.74) is 1.43. The minimum atomic E-state index is -1.11. The second kappa shape index (κ2) is 5.12. The summed E-state index contributed by atoms with van der Waals surface area (Å²) in [7, 11) is 0. The molecule has 2 N–H and O–H groups in total. The fourth-order valence-electron chi connectivity index (χ4n) is 1.48. The number of halogens is 1. The maximum atomic E-state index is 10.9. The summed E-state index contributed by atoms with van der Waals surface area (Å²) in [5.74, 6) is -2.21. The van der Waals surface area contributed by atoms with Crippen molar-refractivity contribution in [2.45, 2.75) is 13.3 Å². The average Bonchev–Trinajstić information content (AvgIpc) is 2.20. The molecule has 0 saturated carbocycles.